The summed E-state index contributed by atoms with van der Waals surface area (Å²) in [6, 6.07) is 11.1. The Hall–Kier alpha value is -3.84. The Labute approximate surface area is 307 Å². The first kappa shape index (κ1) is 45.3. The van der Waals surface area contributed by atoms with Gasteiger partial charge < -0.3 is 53.1 Å². The molecule has 0 atom stereocenters. The summed E-state index contributed by atoms with van der Waals surface area (Å²) in [7, 11) is 0. The number of ether oxygens (including phenoxy) is 9. The van der Waals surface area contributed by atoms with Gasteiger partial charge in [-0.15, -0.1) is 0 Å². The molecule has 17 heteroatoms. The molecule has 0 aliphatic rings. The van der Waals surface area contributed by atoms with Gasteiger partial charge in [-0.2, -0.15) is 13.2 Å². The van der Waals surface area contributed by atoms with E-state index in [9.17, 15) is 27.6 Å². The van der Waals surface area contributed by atoms with E-state index >= 15 is 0 Å². The number of carbonyl (C=O) groups excluding carboxylic acids is 2. The number of carboxylic acids is 1. The number of benzene rings is 2. The number of para-hydroxylation sites is 1. The Balaban J connectivity index is 1.32. The molecule has 0 saturated carbocycles. The molecule has 0 heterocycles. The first-order valence-electron chi connectivity index (χ1n) is 17.3. The molecule has 0 aromatic heterocycles. The normalized spacial score (nSPS) is 11.4. The van der Waals surface area contributed by atoms with Crippen molar-refractivity contribution in [3.8, 4) is 0 Å². The summed E-state index contributed by atoms with van der Waals surface area (Å²) in [5, 5.41) is 11.4. The monoisotopic (exact) mass is 761 g/mol. The molecule has 0 aliphatic carbocycles. The number of hydrogen-bond acceptors (Lipinski definition) is 13. The van der Waals surface area contributed by atoms with Crippen LogP contribution in [0.1, 0.15) is 41.6 Å². The lowest BCUT2D eigenvalue weighted by molar-refractivity contribution is -0.146. The molecular weight excluding hydrogens is 711 g/mol. The molecule has 298 valence electrons. The lowest BCUT2D eigenvalue weighted by Gasteiger charge is -2.13. The number of hydrogen-bond donors (Lipinski definition) is 2. The fraction of sp³-hybridized carbons (Fsp3) is 0.583. The van der Waals surface area contributed by atoms with Crippen molar-refractivity contribution < 1.29 is 75.3 Å². The number of alkyl halides is 3. The van der Waals surface area contributed by atoms with E-state index in [0.717, 1.165) is 12.1 Å². The van der Waals surface area contributed by atoms with Crippen LogP contribution in [0.15, 0.2) is 48.5 Å². The molecule has 0 amide bonds. The van der Waals surface area contributed by atoms with E-state index in [1.807, 2.05) is 0 Å². The van der Waals surface area contributed by atoms with E-state index in [4.69, 9.17) is 47.7 Å². The van der Waals surface area contributed by atoms with Crippen molar-refractivity contribution in [2.75, 3.05) is 111 Å². The second kappa shape index (κ2) is 28.6. The van der Waals surface area contributed by atoms with Gasteiger partial charge >= 0.3 is 24.1 Å². The molecule has 0 unspecified atom stereocenters. The quantitative estimate of drug-likeness (QED) is 0.0763. The van der Waals surface area contributed by atoms with Crippen LogP contribution >= 0.6 is 0 Å². The maximum absolute atomic E-state index is 13.0. The molecule has 14 nitrogen and oxygen atoms in total. The van der Waals surface area contributed by atoms with Gasteiger partial charge in [0.15, 0.2) is 0 Å². The molecule has 0 radical (unpaired) electrons. The number of aliphatic carboxylic acids is 1. The van der Waals surface area contributed by atoms with Gasteiger partial charge in [0.05, 0.1) is 109 Å². The number of esters is 2. The number of anilines is 2. The van der Waals surface area contributed by atoms with E-state index in [-0.39, 0.29) is 63.1 Å². The summed E-state index contributed by atoms with van der Waals surface area (Å²) < 4.78 is 87.2. The van der Waals surface area contributed by atoms with Crippen LogP contribution in [0.5, 0.6) is 0 Å². The highest BCUT2D eigenvalue weighted by Crippen LogP contribution is 2.32. The Morgan fingerprint density at radius 2 is 1.02 bits per heavy atom. The van der Waals surface area contributed by atoms with Gasteiger partial charge in [-0.05, 0) is 43.2 Å². The number of nitrogens with one attached hydrogen (secondary N) is 1. The first-order valence-corrected chi connectivity index (χ1v) is 17.3. The van der Waals surface area contributed by atoms with Gasteiger partial charge in [0, 0.05) is 18.5 Å². The zero-order valence-electron chi connectivity index (χ0n) is 29.7. The van der Waals surface area contributed by atoms with Crippen molar-refractivity contribution in [1.82, 2.24) is 0 Å². The SMILES string of the molecule is O=C(O)CCCCC(=O)OCCOCCOCCOCCOCCOCCOCCOCCOC(=O)c1ccccc1Nc1cccc(C(F)(F)F)c1. The predicted octanol–water partition coefficient (Wildman–Crippen LogP) is 4.91. The van der Waals surface area contributed by atoms with E-state index in [0.29, 0.717) is 91.2 Å². The van der Waals surface area contributed by atoms with Crippen molar-refractivity contribution in [3.63, 3.8) is 0 Å². The third-order valence-electron chi connectivity index (χ3n) is 6.82. The van der Waals surface area contributed by atoms with Gasteiger partial charge in [0.1, 0.15) is 13.2 Å². The maximum Gasteiger partial charge on any atom is 0.416 e. The number of carbonyl (C=O) groups is 3. The fourth-order valence-corrected chi connectivity index (χ4v) is 4.22. The van der Waals surface area contributed by atoms with E-state index < -0.39 is 23.7 Å². The summed E-state index contributed by atoms with van der Waals surface area (Å²) in [4.78, 5) is 34.5. The van der Waals surface area contributed by atoms with Crippen molar-refractivity contribution in [2.24, 2.45) is 0 Å². The van der Waals surface area contributed by atoms with Crippen LogP contribution in [0.2, 0.25) is 0 Å². The van der Waals surface area contributed by atoms with Gasteiger partial charge in [0.25, 0.3) is 0 Å². The van der Waals surface area contributed by atoms with E-state index in [1.54, 1.807) is 18.2 Å². The minimum Gasteiger partial charge on any atom is -0.481 e. The molecular formula is C36H50F3NO13. The molecule has 2 N–H and O–H groups in total. The molecule has 2 rings (SSSR count). The van der Waals surface area contributed by atoms with Gasteiger partial charge in [-0.1, -0.05) is 18.2 Å². The van der Waals surface area contributed by atoms with Crippen LogP contribution in [-0.4, -0.2) is 129 Å². The number of carboxylic acid groups (broad SMARTS) is 1. The van der Waals surface area contributed by atoms with Gasteiger partial charge in [-0.25, -0.2) is 4.79 Å². The number of rotatable bonds is 32. The zero-order chi connectivity index (χ0) is 38.4. The molecule has 2 aromatic carbocycles. The summed E-state index contributed by atoms with van der Waals surface area (Å²) >= 11 is 0. The molecule has 0 bridgehead atoms. The molecule has 53 heavy (non-hydrogen) atoms. The van der Waals surface area contributed by atoms with Crippen LogP contribution in [0.25, 0.3) is 0 Å². The fourth-order valence-electron chi connectivity index (χ4n) is 4.22. The predicted molar refractivity (Wildman–Crippen MR) is 184 cm³/mol. The minimum atomic E-state index is -4.48. The van der Waals surface area contributed by atoms with E-state index in [2.05, 4.69) is 5.32 Å². The Morgan fingerprint density at radius 1 is 0.566 bits per heavy atom. The summed E-state index contributed by atoms with van der Waals surface area (Å²) in [6.45, 7) is 5.06. The highest BCUT2D eigenvalue weighted by atomic mass is 19.4. The average Bonchev–Trinajstić information content (AvgIpc) is 3.13. The summed E-state index contributed by atoms with van der Waals surface area (Å²) in [5.74, 6) is -1.89. The average molecular weight is 762 g/mol. The smallest absolute Gasteiger partial charge is 0.416 e. The molecule has 0 spiro atoms. The third kappa shape index (κ3) is 23.4. The summed E-state index contributed by atoms with van der Waals surface area (Å²) in [6.07, 6.45) is -3.32. The van der Waals surface area contributed by atoms with Crippen LogP contribution in [0, 0.1) is 0 Å². The third-order valence-corrected chi connectivity index (χ3v) is 6.82. The lowest BCUT2D eigenvalue weighted by Crippen LogP contribution is -2.16. The second-order valence-electron chi connectivity index (χ2n) is 11.0. The summed E-state index contributed by atoms with van der Waals surface area (Å²) in [5.41, 5.74) is -0.127. The van der Waals surface area contributed by atoms with Crippen LogP contribution < -0.4 is 5.32 Å². The Bertz CT molecular complexity index is 1300. The topological polar surface area (TPSA) is 167 Å². The Kier molecular flexibility index (Phi) is 24.5. The standard InChI is InChI=1S/C36H50F3NO13/c37-36(38,39)29-6-5-7-30(28-29)40-32-9-2-1-8-31(32)35(44)53-27-25-51-23-21-49-19-17-47-15-13-45-12-14-46-16-18-48-20-22-50-24-26-52-34(43)11-4-3-10-33(41)42/h1-2,5-9,28,40H,3-4,10-27H2,(H,41,42). The van der Waals surface area contributed by atoms with E-state index in [1.165, 1.54) is 18.2 Å². The first-order chi connectivity index (χ1) is 25.7. The van der Waals surface area contributed by atoms with Gasteiger partial charge in [-0.3, -0.25) is 9.59 Å². The van der Waals surface area contributed by atoms with Crippen LogP contribution in [0.4, 0.5) is 24.5 Å². The zero-order valence-corrected chi connectivity index (χ0v) is 29.7. The van der Waals surface area contributed by atoms with Crippen LogP contribution in [-0.2, 0) is 58.4 Å². The van der Waals surface area contributed by atoms with Crippen molar-refractivity contribution in [2.45, 2.75) is 31.9 Å². The van der Waals surface area contributed by atoms with Gasteiger partial charge in [0.2, 0.25) is 0 Å². The van der Waals surface area contributed by atoms with Crippen molar-refractivity contribution in [1.29, 1.82) is 0 Å². The number of halogens is 3. The largest absolute Gasteiger partial charge is 0.481 e. The molecule has 0 aliphatic heterocycles. The highest BCUT2D eigenvalue weighted by molar-refractivity contribution is 5.96. The Morgan fingerprint density at radius 3 is 1.51 bits per heavy atom. The number of unbranched alkanes of at least 4 members (excludes halogenated alkanes) is 1. The molecule has 2 aromatic rings. The van der Waals surface area contributed by atoms with Crippen molar-refractivity contribution in [3.05, 3.63) is 59.7 Å². The van der Waals surface area contributed by atoms with Crippen molar-refractivity contribution >= 4 is 29.3 Å². The minimum absolute atomic E-state index is 0.0144. The molecule has 0 fully saturated rings. The highest BCUT2D eigenvalue weighted by Gasteiger charge is 2.30. The lowest BCUT2D eigenvalue weighted by atomic mass is 10.1. The van der Waals surface area contributed by atoms with Crippen LogP contribution in [0.3, 0.4) is 0 Å². The maximum atomic E-state index is 13.0. The molecule has 0 saturated heterocycles. The second-order valence-corrected chi connectivity index (χ2v) is 11.0.